The van der Waals surface area contributed by atoms with Crippen LogP contribution in [-0.2, 0) is 12.4 Å². The van der Waals surface area contributed by atoms with E-state index in [0.29, 0.717) is 10.6 Å². The van der Waals surface area contributed by atoms with Gasteiger partial charge in [-0.15, -0.1) is 0 Å². The van der Waals surface area contributed by atoms with E-state index in [1.165, 1.54) is 24.5 Å². The summed E-state index contributed by atoms with van der Waals surface area (Å²) in [4.78, 5) is 16.5. The molecule has 3 aromatic heterocycles. The molecular formula is C19H10F6N4O2. The van der Waals surface area contributed by atoms with E-state index in [-0.39, 0.29) is 17.1 Å². The van der Waals surface area contributed by atoms with Gasteiger partial charge in [0.15, 0.2) is 22.8 Å². The highest BCUT2D eigenvalue weighted by Crippen LogP contribution is 2.35. The maximum absolute atomic E-state index is 13.5. The molecule has 31 heavy (non-hydrogen) atoms. The second-order valence-electron chi connectivity index (χ2n) is 6.30. The number of anilines is 1. The summed E-state index contributed by atoms with van der Waals surface area (Å²) in [7, 11) is 0. The zero-order valence-electron chi connectivity index (χ0n) is 15.1. The Labute approximate surface area is 169 Å². The lowest BCUT2D eigenvalue weighted by atomic mass is 10.1. The normalized spacial score (nSPS) is 12.3. The Morgan fingerprint density at radius 1 is 0.968 bits per heavy atom. The van der Waals surface area contributed by atoms with E-state index in [1.807, 2.05) is 5.32 Å². The lowest BCUT2D eigenvalue weighted by molar-refractivity contribution is -0.142. The maximum atomic E-state index is 13.5. The molecule has 1 N–H and O–H groups in total. The van der Waals surface area contributed by atoms with Gasteiger partial charge in [-0.1, -0.05) is 12.1 Å². The lowest BCUT2D eigenvalue weighted by Crippen LogP contribution is -2.18. The van der Waals surface area contributed by atoms with Crippen molar-refractivity contribution < 1.29 is 35.6 Å². The Bertz CT molecular complexity index is 1260. The largest absolute Gasteiger partial charge is 0.463 e. The number of fused-ring (bicyclic) bond motifs is 1. The van der Waals surface area contributed by atoms with Crippen LogP contribution in [0.25, 0.3) is 17.1 Å². The zero-order chi connectivity index (χ0) is 22.4. The first-order valence-corrected chi connectivity index (χ1v) is 8.53. The van der Waals surface area contributed by atoms with Crippen molar-refractivity contribution in [2.45, 2.75) is 12.4 Å². The minimum atomic E-state index is -4.86. The van der Waals surface area contributed by atoms with Crippen molar-refractivity contribution in [1.29, 1.82) is 0 Å². The third-order valence-electron chi connectivity index (χ3n) is 4.20. The molecule has 4 rings (SSSR count). The lowest BCUT2D eigenvalue weighted by Gasteiger charge is -2.12. The highest BCUT2D eigenvalue weighted by atomic mass is 19.4. The fourth-order valence-corrected chi connectivity index (χ4v) is 2.86. The van der Waals surface area contributed by atoms with Crippen molar-refractivity contribution >= 4 is 17.2 Å². The molecule has 0 bridgehead atoms. The number of hydrogen-bond donors (Lipinski definition) is 1. The third-order valence-corrected chi connectivity index (χ3v) is 4.20. The van der Waals surface area contributed by atoms with Crippen LogP contribution in [0.2, 0.25) is 0 Å². The fourth-order valence-electron chi connectivity index (χ4n) is 2.86. The molecule has 0 spiro atoms. The number of aromatic nitrogens is 3. The van der Waals surface area contributed by atoms with Crippen molar-refractivity contribution in [2.24, 2.45) is 0 Å². The topological polar surface area (TPSA) is 72.4 Å². The number of nitrogens with one attached hydrogen (secondary N) is 1. The fraction of sp³-hybridized carbons (Fsp3) is 0.105. The number of nitrogens with zero attached hydrogens (tertiary/aromatic N) is 3. The number of para-hydroxylation sites is 1. The number of hydrogen-bond acceptors (Lipinski definition) is 4. The molecule has 0 saturated heterocycles. The van der Waals surface area contributed by atoms with E-state index in [9.17, 15) is 31.1 Å². The number of furan rings is 1. The summed E-state index contributed by atoms with van der Waals surface area (Å²) in [5.41, 5.74) is -3.95. The summed E-state index contributed by atoms with van der Waals surface area (Å²) in [5.74, 6) is -1.07. The number of halogens is 6. The van der Waals surface area contributed by atoms with Gasteiger partial charge in [0.1, 0.15) is 5.69 Å². The number of carbonyl (C=O) groups is 1. The van der Waals surface area contributed by atoms with Crippen LogP contribution in [0.15, 0.2) is 59.2 Å². The molecule has 6 nitrogen and oxygen atoms in total. The maximum Gasteiger partial charge on any atom is 0.433 e. The van der Waals surface area contributed by atoms with Crippen LogP contribution in [0.4, 0.5) is 32.0 Å². The van der Waals surface area contributed by atoms with Crippen molar-refractivity contribution in [2.75, 3.05) is 5.32 Å². The van der Waals surface area contributed by atoms with Crippen LogP contribution in [0.3, 0.4) is 0 Å². The summed E-state index contributed by atoms with van der Waals surface area (Å²) in [6, 6.07) is 8.68. The third kappa shape index (κ3) is 3.96. The average Bonchev–Trinajstić information content (AvgIpc) is 3.35. The second kappa shape index (κ2) is 7.15. The van der Waals surface area contributed by atoms with Gasteiger partial charge in [0.2, 0.25) is 0 Å². The van der Waals surface area contributed by atoms with Crippen molar-refractivity contribution in [3.8, 4) is 11.5 Å². The van der Waals surface area contributed by atoms with Gasteiger partial charge in [-0.3, -0.25) is 4.79 Å². The van der Waals surface area contributed by atoms with Gasteiger partial charge in [0.25, 0.3) is 5.91 Å². The SMILES string of the molecule is O=C(Nc1ccccc1C(F)(F)F)c1cc2nc(-c3ccco3)cc(C(F)(F)F)n2n1. The first kappa shape index (κ1) is 20.4. The summed E-state index contributed by atoms with van der Waals surface area (Å²) >= 11 is 0. The Balaban J connectivity index is 1.77. The molecule has 0 atom stereocenters. The van der Waals surface area contributed by atoms with Crippen LogP contribution in [0.5, 0.6) is 0 Å². The standard InChI is InChI=1S/C19H10F6N4O2/c20-18(21,22)10-4-1-2-5-11(10)27-17(30)13-9-16-26-12(14-6-3-7-31-14)8-15(19(23,24)25)29(16)28-13/h1-9H,(H,27,30). The number of rotatable bonds is 3. The summed E-state index contributed by atoms with van der Waals surface area (Å²) in [5, 5.41) is 5.63. The van der Waals surface area contributed by atoms with E-state index in [4.69, 9.17) is 4.42 Å². The molecule has 12 heteroatoms. The van der Waals surface area contributed by atoms with Crippen LogP contribution < -0.4 is 5.32 Å². The van der Waals surface area contributed by atoms with Crippen molar-refractivity contribution in [3.63, 3.8) is 0 Å². The monoisotopic (exact) mass is 440 g/mol. The van der Waals surface area contributed by atoms with Crippen molar-refractivity contribution in [3.05, 3.63) is 71.7 Å². The van der Waals surface area contributed by atoms with Gasteiger partial charge >= 0.3 is 12.4 Å². The van der Waals surface area contributed by atoms with E-state index in [2.05, 4.69) is 10.1 Å². The predicted molar refractivity (Wildman–Crippen MR) is 95.1 cm³/mol. The van der Waals surface area contributed by atoms with E-state index in [1.54, 1.807) is 0 Å². The van der Waals surface area contributed by atoms with Gasteiger partial charge in [-0.25, -0.2) is 9.50 Å². The Kier molecular flexibility index (Phi) is 4.71. The molecule has 0 fully saturated rings. The van der Waals surface area contributed by atoms with Crippen LogP contribution in [0.1, 0.15) is 21.7 Å². The zero-order valence-corrected chi connectivity index (χ0v) is 15.1. The Morgan fingerprint density at radius 2 is 1.71 bits per heavy atom. The minimum Gasteiger partial charge on any atom is -0.463 e. The van der Waals surface area contributed by atoms with E-state index in [0.717, 1.165) is 24.3 Å². The molecule has 1 amide bonds. The molecule has 0 saturated carbocycles. The van der Waals surface area contributed by atoms with Gasteiger partial charge in [0, 0.05) is 6.07 Å². The molecule has 0 aliphatic heterocycles. The molecule has 4 aromatic rings. The Morgan fingerprint density at radius 3 is 2.35 bits per heavy atom. The number of benzene rings is 1. The van der Waals surface area contributed by atoms with Gasteiger partial charge < -0.3 is 9.73 Å². The van der Waals surface area contributed by atoms with Gasteiger partial charge in [-0.05, 0) is 30.3 Å². The van der Waals surface area contributed by atoms with Crippen LogP contribution in [-0.4, -0.2) is 20.5 Å². The Hall–Kier alpha value is -3.83. The number of alkyl halides is 6. The summed E-state index contributed by atoms with van der Waals surface area (Å²) in [6.45, 7) is 0. The molecule has 1 aromatic carbocycles. The molecule has 0 radical (unpaired) electrons. The quantitative estimate of drug-likeness (QED) is 0.440. The molecule has 0 aliphatic carbocycles. The first-order chi connectivity index (χ1) is 14.5. The second-order valence-corrected chi connectivity index (χ2v) is 6.30. The number of amides is 1. The summed E-state index contributed by atoms with van der Waals surface area (Å²) in [6.07, 6.45) is -8.35. The molecule has 0 unspecified atom stereocenters. The van der Waals surface area contributed by atoms with E-state index >= 15 is 0 Å². The molecule has 0 aliphatic rings. The van der Waals surface area contributed by atoms with Gasteiger partial charge in [-0.2, -0.15) is 31.4 Å². The summed E-state index contributed by atoms with van der Waals surface area (Å²) < 4.78 is 85.4. The first-order valence-electron chi connectivity index (χ1n) is 8.53. The highest BCUT2D eigenvalue weighted by molar-refractivity contribution is 6.04. The predicted octanol–water partition coefficient (Wildman–Crippen LogP) is 5.28. The van der Waals surface area contributed by atoms with Crippen LogP contribution >= 0.6 is 0 Å². The molecule has 160 valence electrons. The number of carbonyl (C=O) groups excluding carboxylic acids is 1. The smallest absolute Gasteiger partial charge is 0.433 e. The highest BCUT2D eigenvalue weighted by Gasteiger charge is 2.36. The van der Waals surface area contributed by atoms with Gasteiger partial charge in [0.05, 0.1) is 17.5 Å². The molecule has 3 heterocycles. The molecular weight excluding hydrogens is 430 g/mol. The average molecular weight is 440 g/mol. The van der Waals surface area contributed by atoms with Crippen molar-refractivity contribution in [1.82, 2.24) is 14.6 Å². The minimum absolute atomic E-state index is 0.0549. The van der Waals surface area contributed by atoms with Crippen LogP contribution in [0, 0.1) is 0 Å². The van der Waals surface area contributed by atoms with E-state index < -0.39 is 40.9 Å².